The fourth-order valence-electron chi connectivity index (χ4n) is 4.92. The van der Waals surface area contributed by atoms with Crippen molar-refractivity contribution in [2.75, 3.05) is 10.8 Å². The summed E-state index contributed by atoms with van der Waals surface area (Å²) in [6, 6.07) is 27.1. The third-order valence-corrected chi connectivity index (χ3v) is 10.6. The average Bonchev–Trinajstić information content (AvgIpc) is 3.04. The molecule has 0 saturated heterocycles. The molecule has 242 valence electrons. The van der Waals surface area contributed by atoms with Gasteiger partial charge >= 0.3 is 0 Å². The van der Waals surface area contributed by atoms with Crippen molar-refractivity contribution in [1.29, 1.82) is 0 Å². The molecule has 0 aliphatic heterocycles. The molecule has 10 heteroatoms. The summed E-state index contributed by atoms with van der Waals surface area (Å²) in [6.07, 6.45) is 0.962. The Kier molecular flexibility index (Phi) is 12.1. The van der Waals surface area contributed by atoms with Gasteiger partial charge in [0.05, 0.1) is 10.6 Å². The second kappa shape index (κ2) is 15.8. The summed E-state index contributed by atoms with van der Waals surface area (Å²) in [4.78, 5) is 30.0. The van der Waals surface area contributed by atoms with E-state index in [2.05, 4.69) is 21.2 Å². The molecular weight excluding hydrogens is 686 g/mol. The number of sulfonamides is 1. The van der Waals surface area contributed by atoms with Crippen LogP contribution in [-0.2, 0) is 32.6 Å². The molecular formula is C36H39BrClN3O4S. The minimum absolute atomic E-state index is 0.00210. The van der Waals surface area contributed by atoms with Crippen molar-refractivity contribution in [2.45, 2.75) is 64.1 Å². The summed E-state index contributed by atoms with van der Waals surface area (Å²) in [6.45, 7) is 7.30. The molecule has 0 radical (unpaired) electrons. The molecule has 0 aliphatic carbocycles. The van der Waals surface area contributed by atoms with Gasteiger partial charge in [-0.05, 0) is 98.0 Å². The molecule has 4 aromatic carbocycles. The van der Waals surface area contributed by atoms with E-state index in [1.54, 1.807) is 12.1 Å². The Bertz CT molecular complexity index is 1750. The van der Waals surface area contributed by atoms with E-state index < -0.39 is 28.5 Å². The molecule has 0 aromatic heterocycles. The Balaban J connectivity index is 1.82. The van der Waals surface area contributed by atoms with Gasteiger partial charge in [-0.1, -0.05) is 83.0 Å². The summed E-state index contributed by atoms with van der Waals surface area (Å²) in [7, 11) is -4.21. The quantitative estimate of drug-likeness (QED) is 0.155. The van der Waals surface area contributed by atoms with Crippen molar-refractivity contribution in [3.05, 3.63) is 129 Å². The summed E-state index contributed by atoms with van der Waals surface area (Å²) >= 11 is 9.54. The van der Waals surface area contributed by atoms with Gasteiger partial charge in [0.1, 0.15) is 12.6 Å². The first-order chi connectivity index (χ1) is 21.9. The predicted octanol–water partition coefficient (Wildman–Crippen LogP) is 7.47. The van der Waals surface area contributed by atoms with Crippen LogP contribution in [0, 0.1) is 13.8 Å². The highest BCUT2D eigenvalue weighted by atomic mass is 79.9. The van der Waals surface area contributed by atoms with Gasteiger partial charge in [0, 0.05) is 28.5 Å². The highest BCUT2D eigenvalue weighted by Gasteiger charge is 2.35. The third kappa shape index (κ3) is 8.99. The van der Waals surface area contributed by atoms with Crippen LogP contribution in [-0.4, -0.2) is 43.8 Å². The van der Waals surface area contributed by atoms with Gasteiger partial charge in [-0.2, -0.15) is 0 Å². The number of nitrogens with one attached hydrogen (secondary N) is 1. The normalized spacial score (nSPS) is 12.7. The molecule has 0 fully saturated rings. The number of hydrogen-bond donors (Lipinski definition) is 1. The molecule has 2 atom stereocenters. The molecule has 2 amide bonds. The van der Waals surface area contributed by atoms with Crippen LogP contribution in [0.4, 0.5) is 5.69 Å². The van der Waals surface area contributed by atoms with Crippen molar-refractivity contribution in [3.8, 4) is 0 Å². The van der Waals surface area contributed by atoms with Crippen molar-refractivity contribution < 1.29 is 18.0 Å². The number of aryl methyl sites for hydroxylation is 2. The van der Waals surface area contributed by atoms with Crippen LogP contribution in [0.5, 0.6) is 0 Å². The topological polar surface area (TPSA) is 86.8 Å². The van der Waals surface area contributed by atoms with E-state index in [0.29, 0.717) is 17.1 Å². The van der Waals surface area contributed by atoms with Gasteiger partial charge < -0.3 is 10.2 Å². The van der Waals surface area contributed by atoms with Crippen molar-refractivity contribution in [1.82, 2.24) is 10.2 Å². The number of nitrogens with zero attached hydrogens (tertiary/aromatic N) is 2. The van der Waals surface area contributed by atoms with Gasteiger partial charge in [0.2, 0.25) is 11.8 Å². The molecule has 1 N–H and O–H groups in total. The monoisotopic (exact) mass is 723 g/mol. The number of benzene rings is 4. The van der Waals surface area contributed by atoms with Gasteiger partial charge in [0.25, 0.3) is 10.0 Å². The lowest BCUT2D eigenvalue weighted by molar-refractivity contribution is -0.140. The van der Waals surface area contributed by atoms with E-state index in [4.69, 9.17) is 11.6 Å². The number of hydrogen-bond acceptors (Lipinski definition) is 4. The fourth-order valence-corrected chi connectivity index (χ4v) is 6.72. The first kappa shape index (κ1) is 35.2. The lowest BCUT2D eigenvalue weighted by Gasteiger charge is -2.34. The smallest absolute Gasteiger partial charge is 0.264 e. The zero-order valence-corrected chi connectivity index (χ0v) is 29.6. The maximum Gasteiger partial charge on any atom is 0.264 e. The first-order valence-corrected chi connectivity index (χ1v) is 17.7. The second-order valence-electron chi connectivity index (χ2n) is 11.4. The van der Waals surface area contributed by atoms with Gasteiger partial charge in [-0.25, -0.2) is 8.42 Å². The Morgan fingerprint density at radius 3 is 2.13 bits per heavy atom. The fraction of sp³-hybridized carbons (Fsp3) is 0.278. The van der Waals surface area contributed by atoms with Crippen LogP contribution in [0.2, 0.25) is 5.02 Å². The molecule has 0 aliphatic rings. The van der Waals surface area contributed by atoms with E-state index in [1.807, 2.05) is 88.4 Å². The van der Waals surface area contributed by atoms with Crippen LogP contribution in [0.1, 0.15) is 42.5 Å². The largest absolute Gasteiger partial charge is 0.352 e. The molecule has 7 nitrogen and oxygen atoms in total. The standard InChI is InChI=1S/C36H39BrClN3O4S/c1-5-27(4)39-36(43)34(22-28-9-7-6-8-10-28)40(23-29-12-14-30(37)15-13-29)35(42)24-41(32-18-11-25(2)26(3)21-32)46(44,45)33-19-16-31(38)17-20-33/h6-21,27,34H,5,22-24H2,1-4H3,(H,39,43). The Hall–Kier alpha value is -3.66. The SMILES string of the molecule is CCC(C)NC(=O)C(Cc1ccccc1)N(Cc1ccc(Br)cc1)C(=O)CN(c1ccc(C)c(C)c1)S(=O)(=O)c1ccc(Cl)cc1. The van der Waals surface area contributed by atoms with E-state index >= 15 is 0 Å². The zero-order valence-electron chi connectivity index (χ0n) is 26.4. The Morgan fingerprint density at radius 1 is 0.870 bits per heavy atom. The van der Waals surface area contributed by atoms with Crippen molar-refractivity contribution in [3.63, 3.8) is 0 Å². The molecule has 0 saturated carbocycles. The maximum absolute atomic E-state index is 14.6. The van der Waals surface area contributed by atoms with Crippen LogP contribution in [0.15, 0.2) is 106 Å². The zero-order chi connectivity index (χ0) is 33.4. The van der Waals surface area contributed by atoms with Gasteiger partial charge in [-0.15, -0.1) is 0 Å². The number of amides is 2. The number of anilines is 1. The summed E-state index contributed by atoms with van der Waals surface area (Å²) in [5.41, 5.74) is 3.88. The third-order valence-electron chi connectivity index (χ3n) is 8.00. The summed E-state index contributed by atoms with van der Waals surface area (Å²) < 4.78 is 30.4. The number of rotatable bonds is 13. The van der Waals surface area contributed by atoms with Crippen LogP contribution in [0.25, 0.3) is 0 Å². The lowest BCUT2D eigenvalue weighted by atomic mass is 10.0. The maximum atomic E-state index is 14.6. The van der Waals surface area contributed by atoms with E-state index in [0.717, 1.165) is 31.0 Å². The molecule has 0 bridgehead atoms. The Labute approximate surface area is 285 Å². The number of carbonyl (C=O) groups excluding carboxylic acids is 2. The van der Waals surface area contributed by atoms with E-state index in [1.165, 1.54) is 29.2 Å². The minimum Gasteiger partial charge on any atom is -0.352 e. The van der Waals surface area contributed by atoms with E-state index in [-0.39, 0.29) is 29.8 Å². The second-order valence-corrected chi connectivity index (χ2v) is 14.6. The van der Waals surface area contributed by atoms with Crippen molar-refractivity contribution >= 4 is 55.1 Å². The summed E-state index contributed by atoms with van der Waals surface area (Å²) in [5.74, 6) is -0.819. The average molecular weight is 725 g/mol. The Morgan fingerprint density at radius 2 is 1.52 bits per heavy atom. The number of halogens is 2. The van der Waals surface area contributed by atoms with E-state index in [9.17, 15) is 18.0 Å². The van der Waals surface area contributed by atoms with Crippen LogP contribution < -0.4 is 9.62 Å². The molecule has 46 heavy (non-hydrogen) atoms. The lowest BCUT2D eigenvalue weighted by Crippen LogP contribution is -2.54. The molecule has 0 heterocycles. The highest BCUT2D eigenvalue weighted by Crippen LogP contribution is 2.28. The van der Waals surface area contributed by atoms with Crippen LogP contribution >= 0.6 is 27.5 Å². The first-order valence-electron chi connectivity index (χ1n) is 15.1. The number of carbonyl (C=O) groups is 2. The highest BCUT2D eigenvalue weighted by molar-refractivity contribution is 9.10. The molecule has 4 rings (SSSR count). The minimum atomic E-state index is -4.21. The molecule has 0 spiro atoms. The van der Waals surface area contributed by atoms with Crippen LogP contribution in [0.3, 0.4) is 0 Å². The van der Waals surface area contributed by atoms with Gasteiger partial charge in [-0.3, -0.25) is 13.9 Å². The molecule has 4 aromatic rings. The summed E-state index contributed by atoms with van der Waals surface area (Å²) in [5, 5.41) is 3.45. The molecule has 2 unspecified atom stereocenters. The predicted molar refractivity (Wildman–Crippen MR) is 188 cm³/mol. The van der Waals surface area contributed by atoms with Gasteiger partial charge in [0.15, 0.2) is 0 Å². The van der Waals surface area contributed by atoms with Crippen molar-refractivity contribution in [2.24, 2.45) is 0 Å².